The fraction of sp³-hybridized carbons (Fsp3) is 0.364. The van der Waals surface area contributed by atoms with E-state index in [1.807, 2.05) is 6.92 Å². The van der Waals surface area contributed by atoms with E-state index < -0.39 is 0 Å². The maximum atomic E-state index is 12.6. The summed E-state index contributed by atoms with van der Waals surface area (Å²) in [7, 11) is 0. The van der Waals surface area contributed by atoms with Crippen molar-refractivity contribution in [3.8, 4) is 0 Å². The predicted octanol–water partition coefficient (Wildman–Crippen LogP) is 2.07. The lowest BCUT2D eigenvalue weighted by Crippen LogP contribution is -2.21. The van der Waals surface area contributed by atoms with E-state index in [-0.39, 0.29) is 11.9 Å². The van der Waals surface area contributed by atoms with Crippen LogP contribution >= 0.6 is 0 Å². The van der Waals surface area contributed by atoms with Crippen molar-refractivity contribution in [3.63, 3.8) is 0 Å². The van der Waals surface area contributed by atoms with Crippen LogP contribution in [0.1, 0.15) is 24.9 Å². The molecule has 0 spiro atoms. The molecule has 0 saturated carbocycles. The maximum absolute atomic E-state index is 12.6. The lowest BCUT2D eigenvalue weighted by Gasteiger charge is -2.15. The van der Waals surface area contributed by atoms with E-state index in [1.165, 1.54) is 12.1 Å². The number of benzene rings is 1. The highest BCUT2D eigenvalue weighted by atomic mass is 19.1. The van der Waals surface area contributed by atoms with Gasteiger partial charge >= 0.3 is 0 Å². The van der Waals surface area contributed by atoms with Gasteiger partial charge in [-0.1, -0.05) is 19.1 Å². The van der Waals surface area contributed by atoms with Crippen molar-refractivity contribution in [2.24, 2.45) is 0 Å². The number of carbonyl (C=O) groups excluding carboxylic acids is 1. The van der Waals surface area contributed by atoms with Crippen LogP contribution in [0.25, 0.3) is 0 Å². The van der Waals surface area contributed by atoms with E-state index in [0.717, 1.165) is 18.4 Å². The van der Waals surface area contributed by atoms with Crippen molar-refractivity contribution >= 4 is 6.29 Å². The molecule has 0 fully saturated rings. The summed E-state index contributed by atoms with van der Waals surface area (Å²) in [5.74, 6) is -0.255. The molecule has 1 atom stereocenters. The van der Waals surface area contributed by atoms with Gasteiger partial charge in [-0.25, -0.2) is 4.39 Å². The van der Waals surface area contributed by atoms with E-state index in [0.29, 0.717) is 6.42 Å². The highest BCUT2D eigenvalue weighted by molar-refractivity contribution is 5.51. The van der Waals surface area contributed by atoms with Gasteiger partial charge in [0.05, 0.1) is 0 Å². The average molecular weight is 195 g/mol. The van der Waals surface area contributed by atoms with Gasteiger partial charge in [-0.3, -0.25) is 0 Å². The molecule has 3 heteroatoms. The average Bonchev–Trinajstić information content (AvgIpc) is 2.19. The van der Waals surface area contributed by atoms with Crippen molar-refractivity contribution < 1.29 is 9.18 Å². The lowest BCUT2D eigenvalue weighted by molar-refractivity contribution is -0.108. The van der Waals surface area contributed by atoms with Crippen LogP contribution in [-0.2, 0) is 4.79 Å². The summed E-state index contributed by atoms with van der Waals surface area (Å²) in [5.41, 5.74) is 0.945. The van der Waals surface area contributed by atoms with Gasteiger partial charge in [-0.15, -0.1) is 0 Å². The molecule has 76 valence electrons. The van der Waals surface area contributed by atoms with E-state index >= 15 is 0 Å². The Morgan fingerprint density at radius 3 is 2.57 bits per heavy atom. The Bertz CT molecular complexity index is 284. The zero-order chi connectivity index (χ0) is 10.4. The first kappa shape index (κ1) is 10.9. The van der Waals surface area contributed by atoms with Crippen LogP contribution in [0.5, 0.6) is 0 Å². The molecular formula is C11H14FNO. The van der Waals surface area contributed by atoms with E-state index in [1.54, 1.807) is 12.1 Å². The molecule has 0 aromatic heterocycles. The van der Waals surface area contributed by atoms with Gasteiger partial charge in [0.2, 0.25) is 0 Å². The largest absolute Gasteiger partial charge is 0.310 e. The first-order chi connectivity index (χ1) is 6.77. The standard InChI is InChI=1S/C11H14FNO/c1-2-13-11(7-8-14)9-3-5-10(12)6-4-9/h3-6,8,11,13H,2,7H2,1H3/t11-/m1/s1. The number of hydrogen-bond donors (Lipinski definition) is 1. The van der Waals surface area contributed by atoms with Gasteiger partial charge < -0.3 is 10.1 Å². The fourth-order valence-corrected chi connectivity index (χ4v) is 1.37. The SMILES string of the molecule is CCN[C@H](CC=O)c1ccc(F)cc1. The molecule has 0 aliphatic rings. The summed E-state index contributed by atoms with van der Waals surface area (Å²) >= 11 is 0. The Labute approximate surface area is 83.1 Å². The molecule has 1 rings (SSSR count). The number of hydrogen-bond acceptors (Lipinski definition) is 2. The highest BCUT2D eigenvalue weighted by Crippen LogP contribution is 2.15. The number of nitrogens with one attached hydrogen (secondary N) is 1. The summed E-state index contributed by atoms with van der Waals surface area (Å²) in [6.45, 7) is 2.76. The fourth-order valence-electron chi connectivity index (χ4n) is 1.37. The third-order valence-electron chi connectivity index (χ3n) is 2.05. The molecule has 1 aromatic rings. The lowest BCUT2D eigenvalue weighted by atomic mass is 10.0. The summed E-state index contributed by atoms with van der Waals surface area (Å²) < 4.78 is 12.6. The second-order valence-corrected chi connectivity index (χ2v) is 3.06. The van der Waals surface area contributed by atoms with Crippen LogP contribution in [-0.4, -0.2) is 12.8 Å². The van der Waals surface area contributed by atoms with Crippen LogP contribution in [0.2, 0.25) is 0 Å². The van der Waals surface area contributed by atoms with E-state index in [2.05, 4.69) is 5.32 Å². The Morgan fingerprint density at radius 2 is 2.07 bits per heavy atom. The highest BCUT2D eigenvalue weighted by Gasteiger charge is 2.08. The van der Waals surface area contributed by atoms with Gasteiger partial charge in [0.25, 0.3) is 0 Å². The zero-order valence-electron chi connectivity index (χ0n) is 8.16. The first-order valence-electron chi connectivity index (χ1n) is 4.70. The molecule has 0 aliphatic heterocycles. The van der Waals surface area contributed by atoms with Crippen molar-refractivity contribution in [2.45, 2.75) is 19.4 Å². The van der Waals surface area contributed by atoms with Crippen LogP contribution in [0.3, 0.4) is 0 Å². The van der Waals surface area contributed by atoms with Crippen LogP contribution < -0.4 is 5.32 Å². The second kappa shape index (κ2) is 5.50. The minimum Gasteiger partial charge on any atom is -0.310 e. The Balaban J connectivity index is 2.76. The molecule has 14 heavy (non-hydrogen) atoms. The Hall–Kier alpha value is -1.22. The van der Waals surface area contributed by atoms with Crippen LogP contribution in [0.15, 0.2) is 24.3 Å². The van der Waals surface area contributed by atoms with Gasteiger partial charge in [0, 0.05) is 12.5 Å². The van der Waals surface area contributed by atoms with Crippen LogP contribution in [0, 0.1) is 5.82 Å². The summed E-state index contributed by atoms with van der Waals surface area (Å²) in [5, 5.41) is 3.17. The minimum atomic E-state index is -0.255. The maximum Gasteiger partial charge on any atom is 0.123 e. The van der Waals surface area contributed by atoms with Gasteiger partial charge in [-0.05, 0) is 24.2 Å². The molecular weight excluding hydrogens is 181 g/mol. The minimum absolute atomic E-state index is 0.00176. The quantitative estimate of drug-likeness (QED) is 0.729. The van der Waals surface area contributed by atoms with Gasteiger partial charge in [-0.2, -0.15) is 0 Å². The van der Waals surface area contributed by atoms with Crippen molar-refractivity contribution in [1.82, 2.24) is 5.32 Å². The monoisotopic (exact) mass is 195 g/mol. The summed E-state index contributed by atoms with van der Waals surface area (Å²) in [6, 6.07) is 6.21. The smallest absolute Gasteiger partial charge is 0.123 e. The molecule has 0 amide bonds. The Morgan fingerprint density at radius 1 is 1.43 bits per heavy atom. The van der Waals surface area contributed by atoms with Crippen molar-refractivity contribution in [3.05, 3.63) is 35.6 Å². The molecule has 1 N–H and O–H groups in total. The molecule has 0 aliphatic carbocycles. The molecule has 0 radical (unpaired) electrons. The third-order valence-corrected chi connectivity index (χ3v) is 2.05. The Kier molecular flexibility index (Phi) is 4.26. The van der Waals surface area contributed by atoms with Gasteiger partial charge in [0.1, 0.15) is 12.1 Å². The number of aldehydes is 1. The van der Waals surface area contributed by atoms with Crippen molar-refractivity contribution in [1.29, 1.82) is 0 Å². The van der Waals surface area contributed by atoms with E-state index in [9.17, 15) is 9.18 Å². The van der Waals surface area contributed by atoms with E-state index in [4.69, 9.17) is 0 Å². The summed E-state index contributed by atoms with van der Waals surface area (Å²) in [6.07, 6.45) is 1.29. The molecule has 0 bridgehead atoms. The molecule has 0 heterocycles. The molecule has 0 unspecified atom stereocenters. The normalized spacial score (nSPS) is 12.4. The second-order valence-electron chi connectivity index (χ2n) is 3.06. The predicted molar refractivity (Wildman–Crippen MR) is 53.5 cm³/mol. The topological polar surface area (TPSA) is 29.1 Å². The first-order valence-corrected chi connectivity index (χ1v) is 4.70. The third kappa shape index (κ3) is 2.92. The molecule has 1 aromatic carbocycles. The molecule has 0 saturated heterocycles. The van der Waals surface area contributed by atoms with Crippen molar-refractivity contribution in [2.75, 3.05) is 6.54 Å². The number of rotatable bonds is 5. The number of carbonyl (C=O) groups is 1. The van der Waals surface area contributed by atoms with Gasteiger partial charge in [0.15, 0.2) is 0 Å². The van der Waals surface area contributed by atoms with Crippen LogP contribution in [0.4, 0.5) is 4.39 Å². The summed E-state index contributed by atoms with van der Waals surface area (Å²) in [4.78, 5) is 10.4. The zero-order valence-corrected chi connectivity index (χ0v) is 8.16. The molecule has 2 nitrogen and oxygen atoms in total. The number of halogens is 1.